The van der Waals surface area contributed by atoms with Crippen LogP contribution in [0, 0.1) is 5.92 Å². The number of piperidine rings is 1. The zero-order chi connectivity index (χ0) is 20.1. The van der Waals surface area contributed by atoms with E-state index in [4.69, 9.17) is 9.72 Å². The highest BCUT2D eigenvalue weighted by atomic mass is 16.5. The Morgan fingerprint density at radius 1 is 1.14 bits per heavy atom. The van der Waals surface area contributed by atoms with Crippen LogP contribution in [-0.2, 0) is 11.3 Å². The van der Waals surface area contributed by atoms with E-state index < -0.39 is 0 Å². The van der Waals surface area contributed by atoms with Crippen LogP contribution in [0.15, 0.2) is 30.3 Å². The van der Waals surface area contributed by atoms with Gasteiger partial charge in [-0.1, -0.05) is 6.07 Å². The van der Waals surface area contributed by atoms with E-state index in [0.29, 0.717) is 18.4 Å². The Kier molecular flexibility index (Phi) is 6.65. The molecule has 0 radical (unpaired) electrons. The van der Waals surface area contributed by atoms with Gasteiger partial charge in [-0.25, -0.2) is 0 Å². The smallest absolute Gasteiger partial charge is 0.222 e. The minimum absolute atomic E-state index is 0.363. The SMILES string of the molecule is CCOc1ccc2nc(CN3CCCC(CCC(=O)N4CCCC4)C3)ccc2c1. The summed E-state index contributed by atoms with van der Waals surface area (Å²) in [5.41, 5.74) is 2.14. The molecular formula is C24H33N3O2. The van der Waals surface area contributed by atoms with Crippen LogP contribution in [0.25, 0.3) is 10.9 Å². The van der Waals surface area contributed by atoms with Crippen LogP contribution in [-0.4, -0.2) is 53.5 Å². The van der Waals surface area contributed by atoms with Gasteiger partial charge in [0.05, 0.1) is 17.8 Å². The molecule has 2 aliphatic heterocycles. The molecule has 2 fully saturated rings. The third kappa shape index (κ3) is 5.27. The number of benzene rings is 1. The first kappa shape index (κ1) is 20.1. The molecule has 5 heteroatoms. The van der Waals surface area contributed by atoms with Crippen LogP contribution in [0.2, 0.25) is 0 Å². The molecule has 1 unspecified atom stereocenters. The van der Waals surface area contributed by atoms with Crippen molar-refractivity contribution in [2.45, 2.75) is 52.0 Å². The van der Waals surface area contributed by atoms with Crippen LogP contribution >= 0.6 is 0 Å². The Morgan fingerprint density at radius 3 is 2.83 bits per heavy atom. The molecule has 1 aromatic heterocycles. The third-order valence-electron chi connectivity index (χ3n) is 6.24. The zero-order valence-corrected chi connectivity index (χ0v) is 17.6. The Morgan fingerprint density at radius 2 is 2.00 bits per heavy atom. The van der Waals surface area contributed by atoms with Crippen molar-refractivity contribution < 1.29 is 9.53 Å². The Bertz CT molecular complexity index is 832. The molecule has 2 aromatic rings. The summed E-state index contributed by atoms with van der Waals surface area (Å²) in [4.78, 5) is 21.8. The normalized spacial score (nSPS) is 20.3. The molecule has 2 saturated heterocycles. The van der Waals surface area contributed by atoms with E-state index in [0.717, 1.165) is 67.9 Å². The lowest BCUT2D eigenvalue weighted by atomic mass is 9.93. The average molecular weight is 396 g/mol. The van der Waals surface area contributed by atoms with E-state index in [1.54, 1.807) is 0 Å². The number of carbonyl (C=O) groups is 1. The first-order valence-corrected chi connectivity index (χ1v) is 11.2. The van der Waals surface area contributed by atoms with E-state index in [-0.39, 0.29) is 0 Å². The summed E-state index contributed by atoms with van der Waals surface area (Å²) in [6, 6.07) is 10.4. The van der Waals surface area contributed by atoms with Crippen molar-refractivity contribution in [3.8, 4) is 5.75 Å². The van der Waals surface area contributed by atoms with Gasteiger partial charge in [-0.3, -0.25) is 14.7 Å². The second-order valence-electron chi connectivity index (χ2n) is 8.46. The van der Waals surface area contributed by atoms with Crippen molar-refractivity contribution in [1.82, 2.24) is 14.8 Å². The molecule has 1 amide bonds. The molecule has 2 aliphatic rings. The number of likely N-dealkylation sites (tertiary alicyclic amines) is 2. The predicted octanol–water partition coefficient (Wildman–Crippen LogP) is 4.25. The predicted molar refractivity (Wildman–Crippen MR) is 116 cm³/mol. The van der Waals surface area contributed by atoms with E-state index in [1.165, 1.54) is 25.7 Å². The van der Waals surface area contributed by atoms with Crippen LogP contribution in [0.1, 0.15) is 51.1 Å². The maximum Gasteiger partial charge on any atom is 0.222 e. The monoisotopic (exact) mass is 395 g/mol. The Labute approximate surface area is 174 Å². The maximum absolute atomic E-state index is 12.3. The highest BCUT2D eigenvalue weighted by Gasteiger charge is 2.23. The van der Waals surface area contributed by atoms with Crippen molar-refractivity contribution in [2.24, 2.45) is 5.92 Å². The lowest BCUT2D eigenvalue weighted by Crippen LogP contribution is -2.36. The molecule has 0 aliphatic carbocycles. The van der Waals surface area contributed by atoms with Gasteiger partial charge in [0, 0.05) is 38.0 Å². The number of aromatic nitrogens is 1. The molecule has 156 valence electrons. The first-order valence-electron chi connectivity index (χ1n) is 11.2. The fourth-order valence-corrected chi connectivity index (χ4v) is 4.70. The molecule has 5 nitrogen and oxygen atoms in total. The summed E-state index contributed by atoms with van der Waals surface area (Å²) in [5, 5.41) is 1.12. The van der Waals surface area contributed by atoms with Gasteiger partial charge >= 0.3 is 0 Å². The van der Waals surface area contributed by atoms with E-state index in [9.17, 15) is 4.79 Å². The maximum atomic E-state index is 12.3. The number of ether oxygens (including phenoxy) is 1. The van der Waals surface area contributed by atoms with Gasteiger partial charge in [0.1, 0.15) is 5.75 Å². The van der Waals surface area contributed by atoms with Crippen LogP contribution < -0.4 is 4.74 Å². The fourth-order valence-electron chi connectivity index (χ4n) is 4.70. The molecule has 0 saturated carbocycles. The number of rotatable bonds is 7. The number of carbonyl (C=O) groups excluding carboxylic acids is 1. The fraction of sp³-hybridized carbons (Fsp3) is 0.583. The van der Waals surface area contributed by atoms with Crippen molar-refractivity contribution in [1.29, 1.82) is 0 Å². The lowest BCUT2D eigenvalue weighted by molar-refractivity contribution is -0.130. The summed E-state index contributed by atoms with van der Waals surface area (Å²) in [6.45, 7) is 7.71. The second kappa shape index (κ2) is 9.57. The molecule has 3 heterocycles. The summed E-state index contributed by atoms with van der Waals surface area (Å²) in [7, 11) is 0. The number of nitrogens with zero attached hydrogens (tertiary/aromatic N) is 3. The van der Waals surface area contributed by atoms with Crippen molar-refractivity contribution >= 4 is 16.8 Å². The molecule has 4 rings (SSSR count). The van der Waals surface area contributed by atoms with E-state index in [1.807, 2.05) is 19.1 Å². The number of amides is 1. The largest absolute Gasteiger partial charge is 0.494 e. The Hall–Kier alpha value is -2.14. The van der Waals surface area contributed by atoms with Crippen molar-refractivity contribution in [3.05, 3.63) is 36.0 Å². The number of hydrogen-bond donors (Lipinski definition) is 0. The highest BCUT2D eigenvalue weighted by Crippen LogP contribution is 2.24. The van der Waals surface area contributed by atoms with Gasteiger partial charge in [-0.2, -0.15) is 0 Å². The molecule has 1 atom stereocenters. The number of hydrogen-bond acceptors (Lipinski definition) is 4. The average Bonchev–Trinajstić information content (AvgIpc) is 3.28. The first-order chi connectivity index (χ1) is 14.2. The highest BCUT2D eigenvalue weighted by molar-refractivity contribution is 5.80. The minimum atomic E-state index is 0.363. The minimum Gasteiger partial charge on any atom is -0.494 e. The lowest BCUT2D eigenvalue weighted by Gasteiger charge is -2.32. The van der Waals surface area contributed by atoms with E-state index in [2.05, 4.69) is 28.0 Å². The van der Waals surface area contributed by atoms with E-state index >= 15 is 0 Å². The van der Waals surface area contributed by atoms with Gasteiger partial charge in [0.2, 0.25) is 5.91 Å². The van der Waals surface area contributed by atoms with Crippen LogP contribution in [0.4, 0.5) is 0 Å². The van der Waals surface area contributed by atoms with Gasteiger partial charge in [0.25, 0.3) is 0 Å². The summed E-state index contributed by atoms with van der Waals surface area (Å²) >= 11 is 0. The zero-order valence-electron chi connectivity index (χ0n) is 17.6. The van der Waals surface area contributed by atoms with Crippen LogP contribution in [0.3, 0.4) is 0 Å². The van der Waals surface area contributed by atoms with Gasteiger partial charge in [-0.05, 0) is 75.8 Å². The molecule has 0 bridgehead atoms. The summed E-state index contributed by atoms with van der Waals surface area (Å²) in [5.74, 6) is 1.89. The van der Waals surface area contributed by atoms with Crippen LogP contribution in [0.5, 0.6) is 5.75 Å². The van der Waals surface area contributed by atoms with Crippen molar-refractivity contribution in [2.75, 3.05) is 32.8 Å². The number of fused-ring (bicyclic) bond motifs is 1. The van der Waals surface area contributed by atoms with Crippen molar-refractivity contribution in [3.63, 3.8) is 0 Å². The molecule has 0 spiro atoms. The third-order valence-corrected chi connectivity index (χ3v) is 6.24. The Balaban J connectivity index is 1.31. The quantitative estimate of drug-likeness (QED) is 0.703. The topological polar surface area (TPSA) is 45.7 Å². The standard InChI is InChI=1S/C24H33N3O2/c1-2-29-22-10-11-23-20(16-22)8-9-21(25-23)18-26-13-5-6-19(17-26)7-12-24(28)27-14-3-4-15-27/h8-11,16,19H,2-7,12-15,17-18H2,1H3. The molecule has 29 heavy (non-hydrogen) atoms. The molecule has 1 aromatic carbocycles. The summed E-state index contributed by atoms with van der Waals surface area (Å²) in [6.07, 6.45) is 6.55. The number of pyridine rings is 1. The van der Waals surface area contributed by atoms with Gasteiger partial charge in [-0.15, -0.1) is 0 Å². The van der Waals surface area contributed by atoms with Gasteiger partial charge < -0.3 is 9.64 Å². The second-order valence-corrected chi connectivity index (χ2v) is 8.46. The van der Waals surface area contributed by atoms with Gasteiger partial charge in [0.15, 0.2) is 0 Å². The molecular weight excluding hydrogens is 362 g/mol. The summed E-state index contributed by atoms with van der Waals surface area (Å²) < 4.78 is 5.59. The molecule has 0 N–H and O–H groups in total.